The van der Waals surface area contributed by atoms with Gasteiger partial charge in [-0.05, 0) is 41.5 Å². The molecule has 0 aromatic heterocycles. The van der Waals surface area contributed by atoms with Crippen molar-refractivity contribution in [3.63, 3.8) is 0 Å². The molecule has 0 rings (SSSR count). The van der Waals surface area contributed by atoms with E-state index in [1.54, 1.807) is 7.05 Å². The van der Waals surface area contributed by atoms with Gasteiger partial charge in [-0.2, -0.15) is 0 Å². The molecule has 6 nitrogen and oxygen atoms in total. The van der Waals surface area contributed by atoms with E-state index < -0.39 is 0 Å². The van der Waals surface area contributed by atoms with Crippen LogP contribution in [-0.2, 0) is 4.79 Å². The number of halogens is 1. The molecule has 3 N–H and O–H groups in total. The third-order valence-corrected chi connectivity index (χ3v) is 3.31. The lowest BCUT2D eigenvalue weighted by Gasteiger charge is -2.30. The van der Waals surface area contributed by atoms with Crippen LogP contribution in [0.1, 0.15) is 48.0 Å². The molecule has 0 aromatic rings. The molecular weight excluding hydrogens is 405 g/mol. The van der Waals surface area contributed by atoms with Crippen molar-refractivity contribution in [1.29, 1.82) is 0 Å². The van der Waals surface area contributed by atoms with Crippen molar-refractivity contribution in [2.75, 3.05) is 26.7 Å². The molecule has 0 aliphatic carbocycles. The SMILES string of the molecule is CN=C(NCCC(=O)NC(C)C)NCCN(C(C)C)C(C)C.I. The molecule has 1 amide bonds. The van der Waals surface area contributed by atoms with Crippen LogP contribution in [0, 0.1) is 0 Å². The van der Waals surface area contributed by atoms with E-state index in [2.05, 4.69) is 53.5 Å². The molecule has 0 radical (unpaired) electrons. The zero-order chi connectivity index (χ0) is 17.1. The molecule has 138 valence electrons. The first-order chi connectivity index (χ1) is 10.3. The molecule has 0 bridgehead atoms. The van der Waals surface area contributed by atoms with Crippen molar-refractivity contribution < 1.29 is 4.79 Å². The van der Waals surface area contributed by atoms with Gasteiger partial charge >= 0.3 is 0 Å². The molecule has 23 heavy (non-hydrogen) atoms. The van der Waals surface area contributed by atoms with Crippen LogP contribution < -0.4 is 16.0 Å². The van der Waals surface area contributed by atoms with Gasteiger partial charge in [0.25, 0.3) is 0 Å². The minimum Gasteiger partial charge on any atom is -0.356 e. The van der Waals surface area contributed by atoms with E-state index >= 15 is 0 Å². The summed E-state index contributed by atoms with van der Waals surface area (Å²) in [6.45, 7) is 15.1. The average molecular weight is 441 g/mol. The monoisotopic (exact) mass is 441 g/mol. The van der Waals surface area contributed by atoms with E-state index in [9.17, 15) is 4.79 Å². The van der Waals surface area contributed by atoms with Gasteiger partial charge in [-0.1, -0.05) is 0 Å². The van der Waals surface area contributed by atoms with Crippen molar-refractivity contribution in [1.82, 2.24) is 20.9 Å². The second-order valence-electron chi connectivity index (χ2n) is 6.32. The van der Waals surface area contributed by atoms with Crippen molar-refractivity contribution >= 4 is 35.8 Å². The van der Waals surface area contributed by atoms with Crippen molar-refractivity contribution in [3.8, 4) is 0 Å². The lowest BCUT2D eigenvalue weighted by atomic mass is 10.2. The Bertz CT molecular complexity index is 337. The van der Waals surface area contributed by atoms with Crippen LogP contribution in [0.15, 0.2) is 4.99 Å². The Morgan fingerprint density at radius 2 is 1.52 bits per heavy atom. The quantitative estimate of drug-likeness (QED) is 0.290. The second-order valence-corrected chi connectivity index (χ2v) is 6.32. The minimum atomic E-state index is 0. The second kappa shape index (κ2) is 13.8. The van der Waals surface area contributed by atoms with Gasteiger partial charge in [-0.25, -0.2) is 0 Å². The first kappa shape index (κ1) is 24.7. The normalized spacial score (nSPS) is 11.9. The number of guanidine groups is 1. The summed E-state index contributed by atoms with van der Waals surface area (Å²) in [5.74, 6) is 0.800. The highest BCUT2D eigenvalue weighted by Gasteiger charge is 2.12. The number of hydrogen-bond acceptors (Lipinski definition) is 3. The summed E-state index contributed by atoms with van der Waals surface area (Å²) >= 11 is 0. The van der Waals surface area contributed by atoms with Crippen LogP contribution in [-0.4, -0.2) is 61.6 Å². The predicted molar refractivity (Wildman–Crippen MR) is 110 cm³/mol. The molecule has 0 aliphatic heterocycles. The van der Waals surface area contributed by atoms with Gasteiger partial charge < -0.3 is 16.0 Å². The Balaban J connectivity index is 0. The van der Waals surface area contributed by atoms with Gasteiger partial charge in [0.15, 0.2) is 5.96 Å². The molecule has 0 atom stereocenters. The van der Waals surface area contributed by atoms with Gasteiger partial charge in [-0.3, -0.25) is 14.7 Å². The number of carbonyl (C=O) groups excluding carboxylic acids is 1. The van der Waals surface area contributed by atoms with E-state index in [-0.39, 0.29) is 35.9 Å². The summed E-state index contributed by atoms with van der Waals surface area (Å²) in [4.78, 5) is 18.2. The van der Waals surface area contributed by atoms with Gasteiger partial charge in [0.1, 0.15) is 0 Å². The Labute approximate surface area is 159 Å². The van der Waals surface area contributed by atoms with E-state index in [0.717, 1.165) is 19.0 Å². The number of nitrogens with zero attached hydrogens (tertiary/aromatic N) is 2. The fourth-order valence-corrected chi connectivity index (χ4v) is 2.33. The largest absolute Gasteiger partial charge is 0.356 e. The third-order valence-electron chi connectivity index (χ3n) is 3.31. The fourth-order valence-electron chi connectivity index (χ4n) is 2.33. The molecule has 0 unspecified atom stereocenters. The maximum absolute atomic E-state index is 11.6. The number of aliphatic imine (C=N–C) groups is 1. The first-order valence-electron chi connectivity index (χ1n) is 8.27. The van der Waals surface area contributed by atoms with E-state index in [0.29, 0.717) is 25.0 Å². The molecular formula is C16H36IN5O. The van der Waals surface area contributed by atoms with Gasteiger partial charge in [0.05, 0.1) is 0 Å². The summed E-state index contributed by atoms with van der Waals surface area (Å²) in [6, 6.07) is 1.23. The van der Waals surface area contributed by atoms with Gasteiger partial charge in [-0.15, -0.1) is 24.0 Å². The predicted octanol–water partition coefficient (Wildman–Crippen LogP) is 1.80. The van der Waals surface area contributed by atoms with Crippen molar-refractivity contribution in [3.05, 3.63) is 0 Å². The lowest BCUT2D eigenvalue weighted by Crippen LogP contribution is -2.45. The number of amides is 1. The Morgan fingerprint density at radius 3 is 1.96 bits per heavy atom. The first-order valence-corrected chi connectivity index (χ1v) is 8.27. The molecule has 0 fully saturated rings. The Kier molecular flexibility index (Phi) is 14.8. The fraction of sp³-hybridized carbons (Fsp3) is 0.875. The Morgan fingerprint density at radius 1 is 1.00 bits per heavy atom. The smallest absolute Gasteiger partial charge is 0.221 e. The molecule has 0 saturated heterocycles. The minimum absolute atomic E-state index is 0. The van der Waals surface area contributed by atoms with Crippen LogP contribution in [0.5, 0.6) is 0 Å². The average Bonchev–Trinajstić information content (AvgIpc) is 2.39. The van der Waals surface area contributed by atoms with Crippen molar-refractivity contribution in [2.45, 2.75) is 66.1 Å². The molecule has 0 spiro atoms. The topological polar surface area (TPSA) is 68.8 Å². The van der Waals surface area contributed by atoms with Gasteiger partial charge in [0.2, 0.25) is 5.91 Å². The Hall–Kier alpha value is -0.570. The van der Waals surface area contributed by atoms with E-state index in [1.807, 2.05) is 13.8 Å². The molecule has 0 heterocycles. The summed E-state index contributed by atoms with van der Waals surface area (Å²) in [7, 11) is 1.74. The maximum atomic E-state index is 11.6. The zero-order valence-electron chi connectivity index (χ0n) is 15.8. The maximum Gasteiger partial charge on any atom is 0.221 e. The highest BCUT2D eigenvalue weighted by Crippen LogP contribution is 2.03. The van der Waals surface area contributed by atoms with Gasteiger partial charge in [0, 0.05) is 51.2 Å². The highest BCUT2D eigenvalue weighted by molar-refractivity contribution is 14.0. The van der Waals surface area contributed by atoms with E-state index in [1.165, 1.54) is 0 Å². The standard InChI is InChI=1S/C16H35N5O.HI/c1-12(2)20-15(22)8-9-18-16(17-7)19-10-11-21(13(3)4)14(5)6;/h12-14H,8-11H2,1-7H3,(H,20,22)(H2,17,18,19);1H. The van der Waals surface area contributed by atoms with Crippen LogP contribution in [0.25, 0.3) is 0 Å². The molecule has 0 aromatic carbocycles. The third kappa shape index (κ3) is 12.5. The number of hydrogen-bond donors (Lipinski definition) is 3. The number of carbonyl (C=O) groups is 1. The molecule has 0 aliphatic rings. The highest BCUT2D eigenvalue weighted by atomic mass is 127. The van der Waals surface area contributed by atoms with E-state index in [4.69, 9.17) is 0 Å². The molecule has 0 saturated carbocycles. The number of nitrogens with one attached hydrogen (secondary N) is 3. The van der Waals surface area contributed by atoms with Crippen LogP contribution in [0.2, 0.25) is 0 Å². The molecule has 7 heteroatoms. The summed E-state index contributed by atoms with van der Waals surface area (Å²) in [6.07, 6.45) is 0.447. The van der Waals surface area contributed by atoms with Crippen molar-refractivity contribution in [2.24, 2.45) is 4.99 Å². The number of rotatable bonds is 9. The summed E-state index contributed by atoms with van der Waals surface area (Å²) < 4.78 is 0. The van der Waals surface area contributed by atoms with Crippen LogP contribution in [0.4, 0.5) is 0 Å². The zero-order valence-corrected chi connectivity index (χ0v) is 18.1. The van der Waals surface area contributed by atoms with Crippen LogP contribution >= 0.6 is 24.0 Å². The lowest BCUT2D eigenvalue weighted by molar-refractivity contribution is -0.121. The summed E-state index contributed by atoms with van der Waals surface area (Å²) in [5, 5.41) is 9.33. The summed E-state index contributed by atoms with van der Waals surface area (Å²) in [5.41, 5.74) is 0. The van der Waals surface area contributed by atoms with Crippen LogP contribution in [0.3, 0.4) is 0 Å².